The van der Waals surface area contributed by atoms with Gasteiger partial charge in [0.15, 0.2) is 0 Å². The van der Waals surface area contributed by atoms with Crippen LogP contribution in [0.25, 0.3) is 8.47 Å². The molecule has 4 rings (SSSR count). The molecule has 0 N–H and O–H groups in total. The summed E-state index contributed by atoms with van der Waals surface area (Å²) in [5.74, 6) is 2.51. The van der Waals surface area contributed by atoms with Crippen LogP contribution < -0.4 is 7.94 Å². The van der Waals surface area contributed by atoms with Gasteiger partial charge in [-0.3, -0.25) is 0 Å². The molecule has 104 valence electrons. The molecule has 0 amide bonds. The topological polar surface area (TPSA) is 0 Å². The van der Waals surface area contributed by atoms with E-state index in [9.17, 15) is 0 Å². The van der Waals surface area contributed by atoms with Gasteiger partial charge in [-0.25, -0.2) is 0 Å². The molecular weight excluding hydrogens is 468 g/mol. The van der Waals surface area contributed by atoms with Crippen molar-refractivity contribution in [2.24, 2.45) is 0 Å². The van der Waals surface area contributed by atoms with Crippen LogP contribution in [0.3, 0.4) is 0 Å². The zero-order valence-electron chi connectivity index (χ0n) is 9.74. The minimum absolute atomic E-state index is 0.353. The van der Waals surface area contributed by atoms with Gasteiger partial charge in [-0.05, 0) is 0 Å². The van der Waals surface area contributed by atoms with Crippen molar-refractivity contribution in [1.29, 1.82) is 0 Å². The maximum atomic E-state index is 5.64. The molecule has 0 atom stereocenters. The Kier molecular flexibility index (Phi) is 5.23. The summed E-state index contributed by atoms with van der Waals surface area (Å²) in [4.78, 5) is 0. The van der Waals surface area contributed by atoms with Gasteiger partial charge in [-0.2, -0.15) is 0 Å². The zero-order valence-corrected chi connectivity index (χ0v) is 18.0. The molecule has 20 heavy (non-hydrogen) atoms. The van der Waals surface area contributed by atoms with E-state index in [0.29, 0.717) is 14.5 Å². The van der Waals surface area contributed by atoms with E-state index in [1.165, 1.54) is 39.8 Å². The van der Waals surface area contributed by atoms with Crippen LogP contribution in [-0.4, -0.2) is 26.0 Å². The number of hydrogen-bond acceptors (Lipinski definition) is 8. The molecule has 4 heterocycles. The molecule has 9 heteroatoms. The third-order valence-corrected chi connectivity index (χ3v) is 16.1. The molecule has 3 aliphatic rings. The maximum absolute atomic E-state index is 5.64. The van der Waals surface area contributed by atoms with E-state index in [-0.39, 0.29) is 0 Å². The van der Waals surface area contributed by atoms with Gasteiger partial charge in [0.2, 0.25) is 0 Å². The Morgan fingerprint density at radius 1 is 0.900 bits per heavy atom. The van der Waals surface area contributed by atoms with Crippen molar-refractivity contribution < 1.29 is 0 Å². The van der Waals surface area contributed by atoms with Gasteiger partial charge in [0.25, 0.3) is 0 Å². The SMILES string of the molecule is S=c1[se]c(=C2SC3=C(SCCS3)S2)sc1=C1SC=CS1. The monoisotopic (exact) mass is 474 g/mol. The fourth-order valence-corrected chi connectivity index (χ4v) is 15.3. The fraction of sp³-hybridized carbons (Fsp3) is 0.182. The van der Waals surface area contributed by atoms with Gasteiger partial charge in [-0.15, -0.1) is 0 Å². The predicted molar refractivity (Wildman–Crippen MR) is 110 cm³/mol. The summed E-state index contributed by atoms with van der Waals surface area (Å²) in [6.45, 7) is 0. The van der Waals surface area contributed by atoms with Crippen LogP contribution in [-0.2, 0) is 0 Å². The summed E-state index contributed by atoms with van der Waals surface area (Å²) in [5, 5.41) is 4.31. The molecule has 0 fully saturated rings. The number of hydrogen-bond donors (Lipinski definition) is 0. The summed E-state index contributed by atoms with van der Waals surface area (Å²) >= 11 is 19.6. The van der Waals surface area contributed by atoms with Crippen molar-refractivity contribution >= 4 is 117 Å². The van der Waals surface area contributed by atoms with Gasteiger partial charge >= 0.3 is 159 Å². The molecule has 0 unspecified atom stereocenters. The third kappa shape index (κ3) is 3.09. The van der Waals surface area contributed by atoms with Gasteiger partial charge in [0, 0.05) is 0 Å². The molecular formula is C11H6S8Se. The molecule has 0 aromatic carbocycles. The van der Waals surface area contributed by atoms with Crippen LogP contribution in [0, 0.1) is 3.38 Å². The molecule has 0 aliphatic carbocycles. The predicted octanol–water partition coefficient (Wildman–Crippen LogP) is 4.70. The summed E-state index contributed by atoms with van der Waals surface area (Å²) < 4.78 is 10.0. The van der Waals surface area contributed by atoms with E-state index in [1.54, 1.807) is 0 Å². The normalized spacial score (nSPS) is 22.0. The van der Waals surface area contributed by atoms with Crippen LogP contribution in [0.4, 0.5) is 0 Å². The van der Waals surface area contributed by atoms with E-state index in [0.717, 1.165) is 0 Å². The van der Waals surface area contributed by atoms with E-state index in [2.05, 4.69) is 10.8 Å². The molecule has 3 aliphatic heterocycles. The minimum atomic E-state index is 0.353. The Labute approximate surface area is 157 Å². The zero-order chi connectivity index (χ0) is 13.5. The molecule has 0 bridgehead atoms. The van der Waals surface area contributed by atoms with E-state index < -0.39 is 0 Å². The Balaban J connectivity index is 1.78. The molecule has 0 nitrogen and oxygen atoms in total. The van der Waals surface area contributed by atoms with Crippen LogP contribution in [0.5, 0.6) is 0 Å². The summed E-state index contributed by atoms with van der Waals surface area (Å²) in [5.41, 5.74) is 0. The second kappa shape index (κ2) is 6.79. The van der Waals surface area contributed by atoms with E-state index in [4.69, 9.17) is 12.2 Å². The Bertz CT molecular complexity index is 765. The Morgan fingerprint density at radius 2 is 1.55 bits per heavy atom. The van der Waals surface area contributed by atoms with Crippen molar-refractivity contribution in [2.45, 2.75) is 0 Å². The molecule has 1 aromatic heterocycles. The van der Waals surface area contributed by atoms with Crippen molar-refractivity contribution in [3.8, 4) is 0 Å². The van der Waals surface area contributed by atoms with Crippen LogP contribution in [0.2, 0.25) is 0 Å². The third-order valence-electron chi connectivity index (χ3n) is 2.41. The second-order valence-corrected chi connectivity index (χ2v) is 15.5. The summed E-state index contributed by atoms with van der Waals surface area (Å²) in [7, 11) is 0. The first-order valence-corrected chi connectivity index (χ1v) is 13.8. The van der Waals surface area contributed by atoms with Gasteiger partial charge in [0.1, 0.15) is 0 Å². The molecule has 0 radical (unpaired) electrons. The Hall–Kier alpha value is 1.89. The molecule has 1 aromatic rings. The molecule has 0 saturated heterocycles. The van der Waals surface area contributed by atoms with Gasteiger partial charge in [0.05, 0.1) is 0 Å². The van der Waals surface area contributed by atoms with E-state index >= 15 is 0 Å². The number of rotatable bonds is 0. The first kappa shape index (κ1) is 15.4. The second-order valence-electron chi connectivity index (χ2n) is 3.67. The van der Waals surface area contributed by atoms with Crippen molar-refractivity contribution in [3.63, 3.8) is 0 Å². The van der Waals surface area contributed by atoms with Crippen LogP contribution in [0.1, 0.15) is 0 Å². The average molecular weight is 474 g/mol. The summed E-state index contributed by atoms with van der Waals surface area (Å²) in [6.07, 6.45) is 0. The first-order valence-electron chi connectivity index (χ1n) is 5.54. The number of thioether (sulfide) groups is 6. The van der Waals surface area contributed by atoms with E-state index in [1.807, 2.05) is 81.9 Å². The molecule has 0 spiro atoms. The molecule has 0 saturated carbocycles. The van der Waals surface area contributed by atoms with Crippen LogP contribution >= 0.6 is 94.1 Å². The average Bonchev–Trinajstić information content (AvgIpc) is 3.16. The first-order chi connectivity index (χ1) is 9.81. The summed E-state index contributed by atoms with van der Waals surface area (Å²) in [6, 6.07) is 0. The van der Waals surface area contributed by atoms with Gasteiger partial charge < -0.3 is 0 Å². The quantitative estimate of drug-likeness (QED) is 0.390. The van der Waals surface area contributed by atoms with Crippen LogP contribution in [0.15, 0.2) is 19.3 Å². The van der Waals surface area contributed by atoms with Gasteiger partial charge in [-0.1, -0.05) is 0 Å². The van der Waals surface area contributed by atoms with Crippen molar-refractivity contribution in [3.05, 3.63) is 30.6 Å². The van der Waals surface area contributed by atoms with Crippen molar-refractivity contribution in [1.82, 2.24) is 0 Å². The van der Waals surface area contributed by atoms with Crippen molar-refractivity contribution in [2.75, 3.05) is 11.5 Å². The fourth-order valence-electron chi connectivity index (χ4n) is 1.61. The Morgan fingerprint density at radius 3 is 2.20 bits per heavy atom. The standard InChI is InChI=1S/C11H6S8Se/c12-6-5(7-13-1-2-14-7)17-11(20-6)10-18-8-9(19-10)16-4-3-15-8/h1-2H,3-4H2.